The molecule has 1 saturated heterocycles. The van der Waals surface area contributed by atoms with Crippen LogP contribution in [-0.4, -0.2) is 42.3 Å². The van der Waals surface area contributed by atoms with Crippen LogP contribution in [0.25, 0.3) is 16.5 Å². The Hall–Kier alpha value is -3.60. The molecule has 3 aromatic rings. The van der Waals surface area contributed by atoms with E-state index < -0.39 is 17.7 Å². The molecular weight excluding hydrogens is 400 g/mol. The summed E-state index contributed by atoms with van der Waals surface area (Å²) in [5.41, 5.74) is 2.52. The van der Waals surface area contributed by atoms with Crippen LogP contribution in [-0.2, 0) is 9.59 Å². The number of benzene rings is 3. The fourth-order valence-corrected chi connectivity index (χ4v) is 4.23. The molecule has 1 aliphatic heterocycles. The molecule has 164 valence electrons. The van der Waals surface area contributed by atoms with E-state index in [2.05, 4.69) is 0 Å². The molecule has 1 aliphatic rings. The van der Waals surface area contributed by atoms with Gasteiger partial charge in [0.1, 0.15) is 5.76 Å². The average Bonchev–Trinajstić information content (AvgIpc) is 3.06. The number of rotatable bonds is 6. The van der Waals surface area contributed by atoms with Crippen molar-refractivity contribution in [1.82, 2.24) is 4.90 Å². The first-order valence-corrected chi connectivity index (χ1v) is 11.0. The minimum atomic E-state index is -0.631. The molecule has 1 heterocycles. The highest BCUT2D eigenvalue weighted by atomic mass is 16.3. The minimum absolute atomic E-state index is 0.130. The Labute approximate surface area is 188 Å². The Morgan fingerprint density at radius 2 is 1.66 bits per heavy atom. The van der Waals surface area contributed by atoms with E-state index in [0.717, 1.165) is 34.9 Å². The van der Waals surface area contributed by atoms with Crippen LogP contribution in [0.1, 0.15) is 36.9 Å². The van der Waals surface area contributed by atoms with Gasteiger partial charge < -0.3 is 14.9 Å². The van der Waals surface area contributed by atoms with Crippen molar-refractivity contribution in [3.63, 3.8) is 0 Å². The zero-order chi connectivity index (χ0) is 22.8. The first-order chi connectivity index (χ1) is 15.4. The summed E-state index contributed by atoms with van der Waals surface area (Å²) >= 11 is 0. The van der Waals surface area contributed by atoms with Crippen molar-refractivity contribution in [3.8, 4) is 0 Å². The van der Waals surface area contributed by atoms with Crippen molar-refractivity contribution in [2.75, 3.05) is 25.5 Å². The van der Waals surface area contributed by atoms with Crippen LogP contribution in [0.5, 0.6) is 0 Å². The summed E-state index contributed by atoms with van der Waals surface area (Å²) in [5.74, 6) is -1.31. The van der Waals surface area contributed by atoms with E-state index in [0.29, 0.717) is 12.1 Å². The number of likely N-dealkylation sites (tertiary alicyclic amines) is 1. The number of ketones is 1. The van der Waals surface area contributed by atoms with Crippen molar-refractivity contribution < 1.29 is 14.7 Å². The topological polar surface area (TPSA) is 60.9 Å². The van der Waals surface area contributed by atoms with Crippen LogP contribution >= 0.6 is 0 Å². The van der Waals surface area contributed by atoms with Crippen LogP contribution in [0.4, 0.5) is 5.69 Å². The molecule has 3 aromatic carbocycles. The third-order valence-corrected chi connectivity index (χ3v) is 6.04. The summed E-state index contributed by atoms with van der Waals surface area (Å²) in [7, 11) is 3.92. The number of nitrogens with zero attached hydrogens (tertiary/aromatic N) is 2. The molecule has 4 rings (SSSR count). The second kappa shape index (κ2) is 8.87. The van der Waals surface area contributed by atoms with Crippen LogP contribution in [0, 0.1) is 0 Å². The van der Waals surface area contributed by atoms with Crippen LogP contribution in [0.15, 0.2) is 72.3 Å². The molecule has 1 atom stereocenters. The zero-order valence-corrected chi connectivity index (χ0v) is 18.7. The highest BCUT2D eigenvalue weighted by Gasteiger charge is 2.45. The van der Waals surface area contributed by atoms with E-state index in [1.807, 2.05) is 86.6 Å². The standard InChI is InChI=1S/C27H28N2O3/c1-4-5-16-29-24(19-12-14-22(15-13-19)28(2)3)23(26(31)27(29)32)25(30)21-11-10-18-8-6-7-9-20(18)17-21/h6-15,17,24,30H,4-5,16H2,1-3H3/b25-23-. The predicted molar refractivity (Wildman–Crippen MR) is 129 cm³/mol. The molecule has 0 spiro atoms. The molecule has 0 aromatic heterocycles. The maximum atomic E-state index is 13.1. The predicted octanol–water partition coefficient (Wildman–Crippen LogP) is 5.13. The van der Waals surface area contributed by atoms with E-state index in [1.165, 1.54) is 0 Å². The van der Waals surface area contributed by atoms with Crippen molar-refractivity contribution in [3.05, 3.63) is 83.4 Å². The summed E-state index contributed by atoms with van der Waals surface area (Å²) in [6, 6.07) is 20.6. The van der Waals surface area contributed by atoms with Gasteiger partial charge in [0, 0.05) is 31.9 Å². The summed E-state index contributed by atoms with van der Waals surface area (Å²) in [6.07, 6.45) is 1.69. The zero-order valence-electron chi connectivity index (χ0n) is 18.7. The van der Waals surface area contributed by atoms with E-state index in [-0.39, 0.29) is 11.3 Å². The molecule has 1 amide bonds. The van der Waals surface area contributed by atoms with Gasteiger partial charge in [-0.1, -0.05) is 61.9 Å². The van der Waals surface area contributed by atoms with E-state index in [4.69, 9.17) is 0 Å². The van der Waals surface area contributed by atoms with Gasteiger partial charge in [0.15, 0.2) is 0 Å². The van der Waals surface area contributed by atoms with E-state index in [1.54, 1.807) is 11.0 Å². The Kier molecular flexibility index (Phi) is 5.99. The van der Waals surface area contributed by atoms with Crippen molar-refractivity contribution in [2.45, 2.75) is 25.8 Å². The lowest BCUT2D eigenvalue weighted by Gasteiger charge is -2.25. The number of Topliss-reactive ketones (excluding diaryl/α,β-unsaturated/α-hetero) is 1. The summed E-state index contributed by atoms with van der Waals surface area (Å²) < 4.78 is 0. The quantitative estimate of drug-likeness (QED) is 0.336. The molecule has 0 saturated carbocycles. The summed E-state index contributed by atoms with van der Waals surface area (Å²) in [5, 5.41) is 13.3. The van der Waals surface area contributed by atoms with Crippen molar-refractivity contribution in [2.24, 2.45) is 0 Å². The van der Waals surface area contributed by atoms with Gasteiger partial charge in [-0.3, -0.25) is 9.59 Å². The number of carbonyl (C=O) groups excluding carboxylic acids is 2. The fourth-order valence-electron chi connectivity index (χ4n) is 4.23. The second-order valence-corrected chi connectivity index (χ2v) is 8.39. The Balaban J connectivity index is 1.85. The molecule has 1 N–H and O–H groups in total. The number of hydrogen-bond acceptors (Lipinski definition) is 4. The van der Waals surface area contributed by atoms with Gasteiger partial charge in [0.05, 0.1) is 11.6 Å². The third-order valence-electron chi connectivity index (χ3n) is 6.04. The number of aliphatic hydroxyl groups is 1. The number of fused-ring (bicyclic) bond motifs is 1. The lowest BCUT2D eigenvalue weighted by Crippen LogP contribution is -2.30. The van der Waals surface area contributed by atoms with Gasteiger partial charge in [-0.2, -0.15) is 0 Å². The number of carbonyl (C=O) groups is 2. The normalized spacial score (nSPS) is 17.8. The van der Waals surface area contributed by atoms with Gasteiger partial charge in [-0.15, -0.1) is 0 Å². The van der Waals surface area contributed by atoms with Gasteiger partial charge in [-0.25, -0.2) is 0 Å². The molecule has 32 heavy (non-hydrogen) atoms. The summed E-state index contributed by atoms with van der Waals surface area (Å²) in [6.45, 7) is 2.52. The van der Waals surface area contributed by atoms with E-state index in [9.17, 15) is 14.7 Å². The van der Waals surface area contributed by atoms with Crippen LogP contribution in [0.2, 0.25) is 0 Å². The molecular formula is C27H28N2O3. The Bertz CT molecular complexity index is 1200. The second-order valence-electron chi connectivity index (χ2n) is 8.39. The highest BCUT2D eigenvalue weighted by molar-refractivity contribution is 6.46. The number of aliphatic hydroxyl groups excluding tert-OH is 1. The first kappa shape index (κ1) is 21.6. The Morgan fingerprint density at radius 3 is 2.31 bits per heavy atom. The molecule has 5 heteroatoms. The number of anilines is 1. The number of unbranched alkanes of at least 4 members (excludes halogenated alkanes) is 1. The monoisotopic (exact) mass is 428 g/mol. The lowest BCUT2D eigenvalue weighted by atomic mass is 9.94. The maximum absolute atomic E-state index is 13.1. The minimum Gasteiger partial charge on any atom is -0.507 e. The molecule has 0 radical (unpaired) electrons. The largest absolute Gasteiger partial charge is 0.507 e. The molecule has 5 nitrogen and oxygen atoms in total. The third kappa shape index (κ3) is 3.86. The first-order valence-electron chi connectivity index (χ1n) is 11.0. The van der Waals surface area contributed by atoms with Gasteiger partial charge >= 0.3 is 0 Å². The van der Waals surface area contributed by atoms with Crippen molar-refractivity contribution in [1.29, 1.82) is 0 Å². The van der Waals surface area contributed by atoms with Crippen molar-refractivity contribution >= 4 is 33.9 Å². The SMILES string of the molecule is CCCCN1C(=O)C(=O)/C(=C(\O)c2ccc3ccccc3c2)C1c1ccc(N(C)C)cc1. The maximum Gasteiger partial charge on any atom is 0.295 e. The average molecular weight is 429 g/mol. The molecule has 1 unspecified atom stereocenters. The number of amides is 1. The van der Waals surface area contributed by atoms with Crippen LogP contribution < -0.4 is 4.90 Å². The molecule has 1 fully saturated rings. The van der Waals surface area contributed by atoms with Gasteiger partial charge in [0.2, 0.25) is 0 Å². The fraction of sp³-hybridized carbons (Fsp3) is 0.259. The van der Waals surface area contributed by atoms with Crippen LogP contribution in [0.3, 0.4) is 0 Å². The number of hydrogen-bond donors (Lipinski definition) is 1. The molecule has 0 bridgehead atoms. The summed E-state index contributed by atoms with van der Waals surface area (Å²) in [4.78, 5) is 29.6. The molecule has 0 aliphatic carbocycles. The highest BCUT2D eigenvalue weighted by Crippen LogP contribution is 2.40. The lowest BCUT2D eigenvalue weighted by molar-refractivity contribution is -0.139. The smallest absolute Gasteiger partial charge is 0.295 e. The van der Waals surface area contributed by atoms with Gasteiger partial charge in [-0.05, 0) is 41.0 Å². The van der Waals surface area contributed by atoms with Gasteiger partial charge in [0.25, 0.3) is 11.7 Å². The van der Waals surface area contributed by atoms with E-state index >= 15 is 0 Å². The Morgan fingerprint density at radius 1 is 0.969 bits per heavy atom.